The van der Waals surface area contributed by atoms with Gasteiger partial charge in [-0.15, -0.1) is 5.10 Å². The number of hydrogen-bond acceptors (Lipinski definition) is 6. The number of pyridine rings is 1. The Morgan fingerprint density at radius 1 is 0.933 bits per heavy atom. The van der Waals surface area contributed by atoms with E-state index in [1.165, 1.54) is 11.1 Å². The summed E-state index contributed by atoms with van der Waals surface area (Å²) in [6.07, 6.45) is 5.79. The summed E-state index contributed by atoms with van der Waals surface area (Å²) in [6, 6.07) is 27.9. The zero-order chi connectivity index (χ0) is 30.8. The zero-order valence-corrected chi connectivity index (χ0v) is 25.3. The number of fused-ring (bicyclic) bond motifs is 1. The monoisotopic (exact) mass is 599 g/mol. The fraction of sp³-hybridized carbons (Fsp3) is 0.306. The molecular formula is C36H37N7O2. The minimum Gasteiger partial charge on any atom is -0.350 e. The summed E-state index contributed by atoms with van der Waals surface area (Å²) in [5, 5.41) is 14.9. The molecule has 5 aromatic rings. The molecule has 2 aliphatic rings. The van der Waals surface area contributed by atoms with Crippen LogP contribution >= 0.6 is 0 Å². The first-order chi connectivity index (χ1) is 22.0. The van der Waals surface area contributed by atoms with E-state index in [4.69, 9.17) is 0 Å². The van der Waals surface area contributed by atoms with Crippen molar-refractivity contribution in [3.8, 4) is 11.1 Å². The molecule has 3 aromatic carbocycles. The van der Waals surface area contributed by atoms with Crippen molar-refractivity contribution in [2.24, 2.45) is 13.0 Å². The zero-order valence-electron chi connectivity index (χ0n) is 25.3. The van der Waals surface area contributed by atoms with Gasteiger partial charge in [0, 0.05) is 39.1 Å². The fourth-order valence-electron chi connectivity index (χ4n) is 6.87. The molecule has 4 atom stereocenters. The van der Waals surface area contributed by atoms with E-state index in [9.17, 15) is 9.59 Å². The molecule has 4 heterocycles. The van der Waals surface area contributed by atoms with Crippen LogP contribution in [0.1, 0.15) is 35.4 Å². The molecule has 2 saturated heterocycles. The lowest BCUT2D eigenvalue weighted by Crippen LogP contribution is -2.51. The van der Waals surface area contributed by atoms with E-state index < -0.39 is 6.04 Å². The summed E-state index contributed by atoms with van der Waals surface area (Å²) in [7, 11) is 1.86. The van der Waals surface area contributed by atoms with Crippen LogP contribution in [0, 0.1) is 5.92 Å². The van der Waals surface area contributed by atoms with Crippen LogP contribution in [0.25, 0.3) is 22.2 Å². The number of carbonyl (C=O) groups is 2. The third-order valence-corrected chi connectivity index (χ3v) is 9.29. The van der Waals surface area contributed by atoms with Crippen molar-refractivity contribution in [1.82, 2.24) is 35.5 Å². The number of aryl methyl sites for hydroxylation is 1. The molecule has 0 spiro atoms. The van der Waals surface area contributed by atoms with Gasteiger partial charge in [-0.1, -0.05) is 71.9 Å². The molecule has 0 radical (unpaired) electrons. The number of aromatic nitrogens is 4. The Hall–Kier alpha value is -4.89. The lowest BCUT2D eigenvalue weighted by atomic mass is 9.95. The molecule has 9 heteroatoms. The van der Waals surface area contributed by atoms with E-state index in [2.05, 4.69) is 68.4 Å². The van der Waals surface area contributed by atoms with Crippen molar-refractivity contribution < 1.29 is 9.59 Å². The fourth-order valence-corrected chi connectivity index (χ4v) is 6.87. The summed E-state index contributed by atoms with van der Waals surface area (Å²) in [6.45, 7) is 1.67. The van der Waals surface area contributed by atoms with Crippen LogP contribution < -0.4 is 10.6 Å². The highest BCUT2D eigenvalue weighted by Gasteiger charge is 2.43. The number of nitrogens with one attached hydrogen (secondary N) is 2. The number of benzene rings is 3. The van der Waals surface area contributed by atoms with Crippen LogP contribution in [-0.2, 0) is 29.6 Å². The Kier molecular flexibility index (Phi) is 8.09. The maximum atomic E-state index is 14.0. The molecule has 2 fully saturated rings. The highest BCUT2D eigenvalue weighted by Crippen LogP contribution is 2.32. The predicted molar refractivity (Wildman–Crippen MR) is 173 cm³/mol. The average molecular weight is 600 g/mol. The maximum absolute atomic E-state index is 14.0. The van der Waals surface area contributed by atoms with Crippen molar-refractivity contribution in [3.63, 3.8) is 0 Å². The lowest BCUT2D eigenvalue weighted by Gasteiger charge is -2.27. The molecule has 9 nitrogen and oxygen atoms in total. The van der Waals surface area contributed by atoms with Crippen molar-refractivity contribution >= 4 is 22.8 Å². The minimum atomic E-state index is -0.519. The van der Waals surface area contributed by atoms with Crippen LogP contribution in [-0.4, -0.2) is 61.9 Å². The Morgan fingerprint density at radius 3 is 2.56 bits per heavy atom. The van der Waals surface area contributed by atoms with Gasteiger partial charge in [0.15, 0.2) is 0 Å². The van der Waals surface area contributed by atoms with Crippen LogP contribution in [0.5, 0.6) is 0 Å². The third-order valence-electron chi connectivity index (χ3n) is 9.29. The molecule has 0 unspecified atom stereocenters. The number of likely N-dealkylation sites (tertiary alicyclic amines) is 1. The van der Waals surface area contributed by atoms with Gasteiger partial charge in [-0.3, -0.25) is 14.6 Å². The number of carbonyl (C=O) groups excluding carboxylic acids is 2. The molecule has 0 saturated carbocycles. The van der Waals surface area contributed by atoms with E-state index in [1.54, 1.807) is 10.9 Å². The van der Waals surface area contributed by atoms with Crippen LogP contribution in [0.15, 0.2) is 97.3 Å². The van der Waals surface area contributed by atoms with Crippen LogP contribution in [0.3, 0.4) is 0 Å². The second-order valence-corrected chi connectivity index (χ2v) is 12.3. The van der Waals surface area contributed by atoms with Crippen molar-refractivity contribution in [3.05, 3.63) is 114 Å². The van der Waals surface area contributed by atoms with E-state index in [-0.39, 0.29) is 29.7 Å². The lowest BCUT2D eigenvalue weighted by molar-refractivity contribution is -0.139. The van der Waals surface area contributed by atoms with Gasteiger partial charge in [-0.05, 0) is 77.1 Å². The van der Waals surface area contributed by atoms with E-state index in [1.807, 2.05) is 60.6 Å². The van der Waals surface area contributed by atoms with Gasteiger partial charge in [0.1, 0.15) is 11.6 Å². The maximum Gasteiger partial charge on any atom is 0.243 e. The Bertz CT molecular complexity index is 1790. The minimum absolute atomic E-state index is 0.0176. The molecule has 0 aliphatic carbocycles. The predicted octanol–water partition coefficient (Wildman–Crippen LogP) is 4.25. The van der Waals surface area contributed by atoms with Crippen molar-refractivity contribution in [1.29, 1.82) is 0 Å². The average Bonchev–Trinajstić information content (AvgIpc) is 3.84. The molecule has 45 heavy (non-hydrogen) atoms. The normalized spacial score (nSPS) is 21.3. The van der Waals surface area contributed by atoms with Crippen molar-refractivity contribution in [2.45, 2.75) is 43.8 Å². The van der Waals surface area contributed by atoms with Gasteiger partial charge < -0.3 is 15.5 Å². The van der Waals surface area contributed by atoms with Gasteiger partial charge in [-0.25, -0.2) is 4.68 Å². The van der Waals surface area contributed by atoms with E-state index >= 15 is 0 Å². The van der Waals surface area contributed by atoms with E-state index in [0.29, 0.717) is 19.5 Å². The molecular weight excluding hydrogens is 562 g/mol. The molecule has 7 rings (SSSR count). The number of amides is 2. The van der Waals surface area contributed by atoms with E-state index in [0.717, 1.165) is 47.1 Å². The first-order valence-corrected chi connectivity index (χ1v) is 15.7. The van der Waals surface area contributed by atoms with Gasteiger partial charge in [0.25, 0.3) is 0 Å². The Labute approximate surface area is 262 Å². The molecule has 2 aromatic heterocycles. The van der Waals surface area contributed by atoms with Crippen molar-refractivity contribution in [2.75, 3.05) is 13.1 Å². The standard InChI is InChI=1S/C36H37N7O2/c1-42-33-14-11-25(17-31(33)40-41-42)20-39-35(44)34-18-26(16-24-9-12-28(13-10-24)29-8-5-15-37-21-29)23-43(34)36(45)32-19-30(22-38-32)27-6-3-2-4-7-27/h2-15,17,21,26,30,32,34,38H,16,18-20,22-23H2,1H3,(H,39,44)/t26-,30-,32-,34+/m1/s1. The molecule has 2 N–H and O–H groups in total. The SMILES string of the molecule is Cn1nnc2cc(CNC(=O)[C@@H]3C[C@@H](Cc4ccc(-c5cccnc5)cc4)CN3C(=O)[C@H]3C[C@@H](c4ccccc4)CN3)ccc21. The highest BCUT2D eigenvalue weighted by molar-refractivity contribution is 5.91. The van der Waals surface area contributed by atoms with Gasteiger partial charge >= 0.3 is 0 Å². The second kappa shape index (κ2) is 12.6. The summed E-state index contributed by atoms with van der Waals surface area (Å²) in [5.41, 5.74) is 7.30. The number of rotatable bonds is 8. The van der Waals surface area contributed by atoms with Gasteiger partial charge in [-0.2, -0.15) is 0 Å². The number of hydrogen-bond donors (Lipinski definition) is 2. The van der Waals surface area contributed by atoms with Crippen LogP contribution in [0.2, 0.25) is 0 Å². The topological polar surface area (TPSA) is 105 Å². The van der Waals surface area contributed by atoms with Gasteiger partial charge in [0.2, 0.25) is 11.8 Å². The van der Waals surface area contributed by atoms with Gasteiger partial charge in [0.05, 0.1) is 11.6 Å². The largest absolute Gasteiger partial charge is 0.350 e. The quantitative estimate of drug-likeness (QED) is 0.276. The first-order valence-electron chi connectivity index (χ1n) is 15.7. The molecule has 0 bridgehead atoms. The summed E-state index contributed by atoms with van der Waals surface area (Å²) >= 11 is 0. The Balaban J connectivity index is 1.06. The third kappa shape index (κ3) is 6.21. The summed E-state index contributed by atoms with van der Waals surface area (Å²) < 4.78 is 1.73. The second-order valence-electron chi connectivity index (χ2n) is 12.3. The van der Waals surface area contributed by atoms with Crippen LogP contribution in [0.4, 0.5) is 0 Å². The Morgan fingerprint density at radius 2 is 1.76 bits per heavy atom. The molecule has 228 valence electrons. The summed E-state index contributed by atoms with van der Waals surface area (Å²) in [4.78, 5) is 33.8. The molecule has 2 amide bonds. The molecule has 2 aliphatic heterocycles. The number of nitrogens with zero attached hydrogens (tertiary/aromatic N) is 5. The highest BCUT2D eigenvalue weighted by atomic mass is 16.2. The smallest absolute Gasteiger partial charge is 0.243 e. The first kappa shape index (κ1) is 28.9. The summed E-state index contributed by atoms with van der Waals surface area (Å²) in [5.74, 6) is 0.356.